The molecule has 0 fully saturated rings. The molecule has 0 bridgehead atoms. The van der Waals surface area contributed by atoms with Crippen molar-refractivity contribution in [3.05, 3.63) is 58.6 Å². The lowest BCUT2D eigenvalue weighted by Gasteiger charge is -2.23. The van der Waals surface area contributed by atoms with Crippen molar-refractivity contribution in [2.24, 2.45) is 0 Å². The van der Waals surface area contributed by atoms with Crippen LogP contribution in [0.3, 0.4) is 0 Å². The van der Waals surface area contributed by atoms with Gasteiger partial charge in [-0.15, -0.1) is 0 Å². The quantitative estimate of drug-likeness (QED) is 0.392. The number of benzene rings is 2. The number of hydrogen-bond acceptors (Lipinski definition) is 6. The van der Waals surface area contributed by atoms with Crippen LogP contribution in [-0.4, -0.2) is 45.1 Å². The van der Waals surface area contributed by atoms with E-state index in [-0.39, 0.29) is 23.1 Å². The largest absolute Gasteiger partial charge is 0.508 e. The maximum Gasteiger partial charge on any atom is 0.119 e. The highest BCUT2D eigenvalue weighted by Crippen LogP contribution is 2.24. The minimum absolute atomic E-state index is 0.00222. The molecular formula is C23H35ClN2O4. The fourth-order valence-electron chi connectivity index (χ4n) is 2.53. The van der Waals surface area contributed by atoms with E-state index in [9.17, 15) is 20.4 Å². The summed E-state index contributed by atoms with van der Waals surface area (Å²) < 4.78 is 0. The van der Waals surface area contributed by atoms with Crippen LogP contribution in [-0.2, 0) is 0 Å². The molecule has 0 aromatic heterocycles. The number of aliphatic hydroxyl groups is 2. The molecule has 0 heterocycles. The van der Waals surface area contributed by atoms with Crippen molar-refractivity contribution >= 4 is 11.6 Å². The Morgan fingerprint density at radius 1 is 0.900 bits per heavy atom. The fourth-order valence-corrected chi connectivity index (χ4v) is 2.80. The summed E-state index contributed by atoms with van der Waals surface area (Å²) in [4.78, 5) is 0. The molecule has 168 valence electrons. The van der Waals surface area contributed by atoms with E-state index in [0.717, 1.165) is 5.56 Å². The molecule has 0 aliphatic carbocycles. The Morgan fingerprint density at radius 3 is 1.97 bits per heavy atom. The van der Waals surface area contributed by atoms with Gasteiger partial charge in [0.15, 0.2) is 0 Å². The number of nitrogens with one attached hydrogen (secondary N) is 2. The Labute approximate surface area is 184 Å². The summed E-state index contributed by atoms with van der Waals surface area (Å²) in [6, 6.07) is 11.8. The predicted molar refractivity (Wildman–Crippen MR) is 122 cm³/mol. The monoisotopic (exact) mass is 438 g/mol. The second kappa shape index (κ2) is 12.1. The van der Waals surface area contributed by atoms with Crippen LogP contribution in [0.15, 0.2) is 42.5 Å². The molecule has 0 aliphatic heterocycles. The lowest BCUT2D eigenvalue weighted by atomic mass is 10.1. The third-order valence-corrected chi connectivity index (χ3v) is 4.46. The highest BCUT2D eigenvalue weighted by molar-refractivity contribution is 6.31. The van der Waals surface area contributed by atoms with Gasteiger partial charge in [0.25, 0.3) is 0 Å². The van der Waals surface area contributed by atoms with Crippen molar-refractivity contribution in [2.45, 2.75) is 58.4 Å². The number of phenolic OH excluding ortho intramolecular Hbond substituents is 2. The molecule has 2 aromatic rings. The van der Waals surface area contributed by atoms with Crippen LogP contribution >= 0.6 is 11.6 Å². The Morgan fingerprint density at radius 2 is 1.47 bits per heavy atom. The maximum atomic E-state index is 9.92. The first kappa shape index (κ1) is 26.2. The molecule has 0 saturated heterocycles. The van der Waals surface area contributed by atoms with Crippen LogP contribution in [0.5, 0.6) is 11.5 Å². The number of aliphatic hydroxyl groups excluding tert-OH is 2. The molecule has 0 saturated carbocycles. The summed E-state index contributed by atoms with van der Waals surface area (Å²) in [7, 11) is 0. The van der Waals surface area contributed by atoms with E-state index in [1.54, 1.807) is 6.07 Å². The first-order valence-electron chi connectivity index (χ1n) is 10.0. The highest BCUT2D eigenvalue weighted by Gasteiger charge is 2.15. The summed E-state index contributed by atoms with van der Waals surface area (Å²) in [6.07, 6.45) is -1.29. The lowest BCUT2D eigenvalue weighted by molar-refractivity contribution is 0.163. The third-order valence-electron chi connectivity index (χ3n) is 4.12. The number of hydrogen-bond donors (Lipinski definition) is 6. The van der Waals surface area contributed by atoms with Crippen molar-refractivity contribution in [1.82, 2.24) is 10.6 Å². The summed E-state index contributed by atoms with van der Waals surface area (Å²) in [6.45, 7) is 11.0. The molecule has 2 atom stereocenters. The van der Waals surface area contributed by atoms with Crippen LogP contribution in [0.2, 0.25) is 5.02 Å². The second-order valence-electron chi connectivity index (χ2n) is 8.53. The molecule has 0 spiro atoms. The predicted octanol–water partition coefficient (Wildman–Crippen LogP) is 3.89. The smallest absolute Gasteiger partial charge is 0.119 e. The van der Waals surface area contributed by atoms with Crippen LogP contribution in [0, 0.1) is 0 Å². The van der Waals surface area contributed by atoms with E-state index < -0.39 is 12.2 Å². The van der Waals surface area contributed by atoms with Gasteiger partial charge in [-0.2, -0.15) is 0 Å². The molecule has 2 rings (SSSR count). The molecule has 2 unspecified atom stereocenters. The number of aromatic hydroxyl groups is 2. The van der Waals surface area contributed by atoms with Gasteiger partial charge in [0.2, 0.25) is 0 Å². The first-order valence-corrected chi connectivity index (χ1v) is 10.4. The first-order chi connectivity index (χ1) is 13.9. The number of rotatable bonds is 7. The molecular weight excluding hydrogens is 404 g/mol. The zero-order chi connectivity index (χ0) is 22.9. The SMILES string of the molecule is CC(C)(C)NCC(O)c1ccccc1Cl.CC(C)NCC(O)c1cc(O)cc(O)c1. The molecule has 0 aliphatic rings. The van der Waals surface area contributed by atoms with Crippen LogP contribution in [0.25, 0.3) is 0 Å². The van der Waals surface area contributed by atoms with Crippen molar-refractivity contribution in [3.63, 3.8) is 0 Å². The third kappa shape index (κ3) is 10.3. The van der Waals surface area contributed by atoms with Gasteiger partial charge in [-0.3, -0.25) is 0 Å². The average molecular weight is 439 g/mol. The minimum atomic E-state index is -0.731. The Kier molecular flexibility index (Phi) is 10.6. The molecule has 0 radical (unpaired) electrons. The van der Waals surface area contributed by atoms with Gasteiger partial charge < -0.3 is 31.1 Å². The van der Waals surface area contributed by atoms with Crippen LogP contribution in [0.1, 0.15) is 58.0 Å². The van der Waals surface area contributed by atoms with Crippen molar-refractivity contribution in [2.75, 3.05) is 13.1 Å². The zero-order valence-corrected chi connectivity index (χ0v) is 19.1. The van der Waals surface area contributed by atoms with Gasteiger partial charge in [-0.1, -0.05) is 43.6 Å². The maximum absolute atomic E-state index is 9.92. The van der Waals surface area contributed by atoms with E-state index >= 15 is 0 Å². The number of β-amino-alcohol motifs (C(OH)–C–C–N with tert-alkyl or cyclic N) is 1. The lowest BCUT2D eigenvalue weighted by Crippen LogP contribution is -2.38. The zero-order valence-electron chi connectivity index (χ0n) is 18.4. The summed E-state index contributed by atoms with van der Waals surface area (Å²) in [5, 5.41) is 45.0. The highest BCUT2D eigenvalue weighted by atomic mass is 35.5. The van der Waals surface area contributed by atoms with E-state index in [0.29, 0.717) is 23.7 Å². The molecule has 6 N–H and O–H groups in total. The fraction of sp³-hybridized carbons (Fsp3) is 0.478. The standard InChI is InChI=1S/C12H18ClNO.C11H17NO3/c1-12(2,3)14-8-11(15)9-6-4-5-7-10(9)13;1-7(2)12-6-11(15)8-3-9(13)5-10(14)4-8/h4-7,11,14-15H,8H2,1-3H3;3-5,7,11-15H,6H2,1-2H3. The van der Waals surface area contributed by atoms with Gasteiger partial charge in [0.05, 0.1) is 12.2 Å². The van der Waals surface area contributed by atoms with E-state index in [2.05, 4.69) is 31.4 Å². The Hall–Kier alpha value is -1.83. The van der Waals surface area contributed by atoms with E-state index in [1.807, 2.05) is 32.0 Å². The van der Waals surface area contributed by atoms with E-state index in [1.165, 1.54) is 18.2 Å². The summed E-state index contributed by atoms with van der Waals surface area (Å²) in [5.74, 6) is -0.0952. The van der Waals surface area contributed by atoms with Crippen molar-refractivity contribution in [3.8, 4) is 11.5 Å². The second-order valence-corrected chi connectivity index (χ2v) is 8.94. The molecule has 7 heteroatoms. The Bertz CT molecular complexity index is 758. The van der Waals surface area contributed by atoms with Gasteiger partial charge >= 0.3 is 0 Å². The van der Waals surface area contributed by atoms with Gasteiger partial charge in [-0.25, -0.2) is 0 Å². The molecule has 0 amide bonds. The number of phenols is 2. The topological polar surface area (TPSA) is 105 Å². The van der Waals surface area contributed by atoms with Crippen LogP contribution in [0.4, 0.5) is 0 Å². The average Bonchev–Trinajstić information content (AvgIpc) is 2.63. The number of halogens is 1. The van der Waals surface area contributed by atoms with Gasteiger partial charge in [0, 0.05) is 41.3 Å². The van der Waals surface area contributed by atoms with Gasteiger partial charge in [0.1, 0.15) is 11.5 Å². The molecule has 30 heavy (non-hydrogen) atoms. The van der Waals surface area contributed by atoms with Crippen LogP contribution < -0.4 is 10.6 Å². The normalized spacial score (nSPS) is 13.5. The van der Waals surface area contributed by atoms with E-state index in [4.69, 9.17) is 11.6 Å². The minimum Gasteiger partial charge on any atom is -0.508 e. The molecule has 2 aromatic carbocycles. The van der Waals surface area contributed by atoms with Gasteiger partial charge in [-0.05, 0) is 44.5 Å². The summed E-state index contributed by atoms with van der Waals surface area (Å²) >= 11 is 5.98. The van der Waals surface area contributed by atoms with Crippen molar-refractivity contribution < 1.29 is 20.4 Å². The molecule has 6 nitrogen and oxygen atoms in total. The summed E-state index contributed by atoms with van der Waals surface area (Å²) in [5.41, 5.74) is 1.28. The Balaban J connectivity index is 0.000000300. The van der Waals surface area contributed by atoms with Crippen molar-refractivity contribution in [1.29, 1.82) is 0 Å².